The van der Waals surface area contributed by atoms with Crippen molar-refractivity contribution in [1.29, 1.82) is 0 Å². The summed E-state index contributed by atoms with van der Waals surface area (Å²) in [7, 11) is 0. The molecule has 0 aromatic heterocycles. The number of nitrogens with one attached hydrogen (secondary N) is 1. The number of benzene rings is 1. The third-order valence-electron chi connectivity index (χ3n) is 5.14. The number of amides is 2. The molecule has 1 N–H and O–H groups in total. The molecule has 7 heteroatoms. The summed E-state index contributed by atoms with van der Waals surface area (Å²) in [5.41, 5.74) is 2.60. The summed E-state index contributed by atoms with van der Waals surface area (Å²) in [6.45, 7) is 24.1. The van der Waals surface area contributed by atoms with E-state index in [4.69, 9.17) is 4.74 Å². The normalized spacial score (nSPS) is 17.8. The van der Waals surface area contributed by atoms with E-state index in [0.717, 1.165) is 30.2 Å². The molecule has 4 rings (SSSR count). The number of carbonyl (C=O) groups is 2. The van der Waals surface area contributed by atoms with Crippen molar-refractivity contribution >= 4 is 35.0 Å². The lowest BCUT2D eigenvalue weighted by Gasteiger charge is -2.40. The quantitative estimate of drug-likeness (QED) is 0.377. The lowest BCUT2D eigenvalue weighted by molar-refractivity contribution is -0.134. The van der Waals surface area contributed by atoms with Crippen LogP contribution in [0, 0.1) is 5.41 Å². The Morgan fingerprint density at radius 2 is 1.37 bits per heavy atom. The Morgan fingerprint density at radius 3 is 1.87 bits per heavy atom. The van der Waals surface area contributed by atoms with Gasteiger partial charge in [0.2, 0.25) is 11.8 Å². The van der Waals surface area contributed by atoms with Gasteiger partial charge in [-0.3, -0.25) is 14.9 Å². The van der Waals surface area contributed by atoms with Crippen molar-refractivity contribution in [3.8, 4) is 5.75 Å². The van der Waals surface area contributed by atoms with E-state index in [1.54, 1.807) is 11.8 Å². The smallest absolute Gasteiger partial charge is 0.249 e. The molecule has 0 saturated carbocycles. The van der Waals surface area contributed by atoms with Crippen LogP contribution in [0.4, 0.5) is 11.4 Å². The lowest BCUT2D eigenvalue weighted by atomic mass is 10.0. The van der Waals surface area contributed by atoms with Crippen LogP contribution in [0.25, 0.3) is 0 Å². The maximum Gasteiger partial charge on any atom is 0.249 e. The maximum atomic E-state index is 12.3. The van der Waals surface area contributed by atoms with E-state index < -0.39 is 0 Å². The first-order valence-electron chi connectivity index (χ1n) is 14.7. The van der Waals surface area contributed by atoms with Crippen LogP contribution in [0.2, 0.25) is 0 Å². The highest BCUT2D eigenvalue weighted by molar-refractivity contribution is 7.97. The van der Waals surface area contributed by atoms with Gasteiger partial charge < -0.3 is 14.5 Å². The fraction of sp³-hybridized carbons (Fsp3) is 0.742. The molecule has 0 radical (unpaired) electrons. The zero-order valence-corrected chi connectivity index (χ0v) is 27.5. The molecule has 0 spiro atoms. The van der Waals surface area contributed by atoms with Gasteiger partial charge in [0.25, 0.3) is 0 Å². The van der Waals surface area contributed by atoms with E-state index in [-0.39, 0.29) is 17.9 Å². The van der Waals surface area contributed by atoms with Crippen molar-refractivity contribution < 1.29 is 14.3 Å². The van der Waals surface area contributed by atoms with Crippen LogP contribution in [0.5, 0.6) is 5.75 Å². The van der Waals surface area contributed by atoms with Gasteiger partial charge in [-0.05, 0) is 55.7 Å². The van der Waals surface area contributed by atoms with Crippen LogP contribution in [0.1, 0.15) is 101 Å². The predicted molar refractivity (Wildman–Crippen MR) is 170 cm³/mol. The van der Waals surface area contributed by atoms with Crippen LogP contribution in [-0.4, -0.2) is 56.6 Å². The minimum atomic E-state index is -0.290. The molecule has 2 fully saturated rings. The number of hydrogen-bond donors (Lipinski definition) is 1. The SMILES string of the molecule is CC.CC.CC.CC(C)(C)C.CSC.O=C1CCC(N2CCOc3c(N4CCCCC4)cccc32)C(=O)N1. The van der Waals surface area contributed by atoms with E-state index in [1.165, 1.54) is 19.3 Å². The molecule has 222 valence electrons. The predicted octanol–water partition coefficient (Wildman–Crippen LogP) is 7.79. The standard InChI is InChI=1S/C18H23N3O3.C5H12.C2H6S.3C2H6/c22-16-8-7-15(18(23)19-16)21-11-12-24-17-13(5-4-6-14(17)21)20-9-2-1-3-10-20;1-5(2,3)4;1-3-2;3*1-2/h4-6,15H,1-3,7-12H2,(H,19,22,23);1-4H3;1-2H3;3*1-2H3. The van der Waals surface area contributed by atoms with Crippen molar-refractivity contribution in [1.82, 2.24) is 5.32 Å². The van der Waals surface area contributed by atoms with Crippen molar-refractivity contribution in [2.24, 2.45) is 5.41 Å². The summed E-state index contributed by atoms with van der Waals surface area (Å²) in [5.74, 6) is 0.518. The Hall–Kier alpha value is -1.89. The number of rotatable bonds is 2. The average Bonchev–Trinajstić information content (AvgIpc) is 2.92. The fourth-order valence-electron chi connectivity index (χ4n) is 3.94. The largest absolute Gasteiger partial charge is 0.487 e. The monoisotopic (exact) mass is 553 g/mol. The second kappa shape index (κ2) is 22.0. The summed E-state index contributed by atoms with van der Waals surface area (Å²) in [6, 6.07) is 5.88. The van der Waals surface area contributed by atoms with Crippen molar-refractivity contribution in [3.05, 3.63) is 18.2 Å². The topological polar surface area (TPSA) is 61.9 Å². The first-order valence-corrected chi connectivity index (χ1v) is 16.3. The van der Waals surface area contributed by atoms with E-state index in [2.05, 4.69) is 48.9 Å². The molecule has 6 nitrogen and oxygen atoms in total. The van der Waals surface area contributed by atoms with Gasteiger partial charge in [0.15, 0.2) is 5.75 Å². The van der Waals surface area contributed by atoms with Crippen LogP contribution < -0.4 is 19.9 Å². The van der Waals surface area contributed by atoms with Crippen molar-refractivity contribution in [2.45, 2.75) is 107 Å². The number of carbonyl (C=O) groups excluding carboxylic acids is 2. The highest BCUT2D eigenvalue weighted by atomic mass is 32.2. The van der Waals surface area contributed by atoms with Gasteiger partial charge in [-0.15, -0.1) is 0 Å². The minimum absolute atomic E-state index is 0.174. The lowest BCUT2D eigenvalue weighted by Crippen LogP contribution is -2.54. The molecule has 2 saturated heterocycles. The first kappa shape index (κ1) is 38.3. The molecule has 0 aliphatic carbocycles. The second-order valence-electron chi connectivity index (χ2n) is 10.1. The molecule has 1 unspecified atom stereocenters. The molecule has 1 atom stereocenters. The number of piperidine rings is 2. The van der Waals surface area contributed by atoms with Gasteiger partial charge in [0.05, 0.1) is 17.9 Å². The van der Waals surface area contributed by atoms with Gasteiger partial charge in [-0.25, -0.2) is 0 Å². The Balaban J connectivity index is 0. The van der Waals surface area contributed by atoms with E-state index in [0.29, 0.717) is 31.4 Å². The van der Waals surface area contributed by atoms with Crippen LogP contribution in [-0.2, 0) is 9.59 Å². The number of thioether (sulfide) groups is 1. The van der Waals surface area contributed by atoms with Gasteiger partial charge in [-0.2, -0.15) is 11.8 Å². The summed E-state index contributed by atoms with van der Waals surface area (Å²) >= 11 is 1.75. The van der Waals surface area contributed by atoms with Crippen LogP contribution in [0.15, 0.2) is 18.2 Å². The fourth-order valence-corrected chi connectivity index (χ4v) is 3.94. The molecule has 38 heavy (non-hydrogen) atoms. The molecule has 3 heterocycles. The zero-order valence-electron chi connectivity index (χ0n) is 26.7. The van der Waals surface area contributed by atoms with Gasteiger partial charge in [-0.1, -0.05) is 75.3 Å². The summed E-state index contributed by atoms with van der Waals surface area (Å²) in [4.78, 5) is 28.2. The molecule has 3 aliphatic heterocycles. The number of imide groups is 1. The molecule has 1 aromatic rings. The Kier molecular flexibility index (Phi) is 22.1. The van der Waals surface area contributed by atoms with Crippen LogP contribution in [0.3, 0.4) is 0 Å². The third kappa shape index (κ3) is 14.3. The number of nitrogens with zero attached hydrogens (tertiary/aromatic N) is 2. The van der Waals surface area contributed by atoms with E-state index >= 15 is 0 Å². The van der Waals surface area contributed by atoms with Gasteiger partial charge in [0, 0.05) is 19.5 Å². The summed E-state index contributed by atoms with van der Waals surface area (Å²) in [5, 5.41) is 2.46. The van der Waals surface area contributed by atoms with Gasteiger partial charge in [0.1, 0.15) is 12.6 Å². The molecular formula is C31H59N3O3S. The van der Waals surface area contributed by atoms with Crippen molar-refractivity contribution in [3.63, 3.8) is 0 Å². The number of anilines is 2. The Bertz CT molecular complexity index is 753. The van der Waals surface area contributed by atoms with Gasteiger partial charge >= 0.3 is 0 Å². The Morgan fingerprint density at radius 1 is 0.868 bits per heavy atom. The maximum absolute atomic E-state index is 12.3. The molecule has 2 amide bonds. The summed E-state index contributed by atoms with van der Waals surface area (Å²) < 4.78 is 6.00. The summed E-state index contributed by atoms with van der Waals surface area (Å²) in [6.07, 6.45) is 8.75. The highest BCUT2D eigenvalue weighted by Gasteiger charge is 2.35. The number of fused-ring (bicyclic) bond motifs is 1. The zero-order chi connectivity index (χ0) is 29.7. The molecular weight excluding hydrogens is 494 g/mol. The molecule has 1 aromatic carbocycles. The van der Waals surface area contributed by atoms with Crippen LogP contribution >= 0.6 is 11.8 Å². The minimum Gasteiger partial charge on any atom is -0.487 e. The van der Waals surface area contributed by atoms with E-state index in [9.17, 15) is 9.59 Å². The Labute approximate surface area is 239 Å². The number of ether oxygens (including phenoxy) is 1. The second-order valence-corrected chi connectivity index (χ2v) is 10.9. The average molecular weight is 554 g/mol. The van der Waals surface area contributed by atoms with E-state index in [1.807, 2.05) is 66.2 Å². The molecule has 3 aliphatic rings. The third-order valence-corrected chi connectivity index (χ3v) is 5.14. The highest BCUT2D eigenvalue weighted by Crippen LogP contribution is 2.42. The number of hydrogen-bond acceptors (Lipinski definition) is 6. The molecule has 0 bridgehead atoms. The first-order chi connectivity index (χ1) is 18.2. The number of para-hydroxylation sites is 1. The van der Waals surface area contributed by atoms with Crippen molar-refractivity contribution in [2.75, 3.05) is 48.6 Å².